The van der Waals surface area contributed by atoms with E-state index in [1.807, 2.05) is 13.8 Å². The minimum absolute atomic E-state index is 0.0735. The lowest BCUT2D eigenvalue weighted by Gasteiger charge is -2.12. The van der Waals surface area contributed by atoms with E-state index in [1.165, 1.54) is 9.75 Å². The molecule has 3 nitrogen and oxygen atoms in total. The first kappa shape index (κ1) is 16.2. The number of hydrogen-bond acceptors (Lipinski definition) is 3. The van der Waals surface area contributed by atoms with Crippen molar-refractivity contribution in [2.24, 2.45) is 11.7 Å². The maximum Gasteiger partial charge on any atom is 0.223 e. The quantitative estimate of drug-likeness (QED) is 0.770. The van der Waals surface area contributed by atoms with Crippen molar-refractivity contribution in [1.82, 2.24) is 5.32 Å². The van der Waals surface area contributed by atoms with Crippen molar-refractivity contribution in [3.63, 3.8) is 0 Å². The molecule has 108 valence electrons. The molecule has 3 N–H and O–H groups in total. The van der Waals surface area contributed by atoms with E-state index in [0.29, 0.717) is 6.54 Å². The number of amides is 1. The summed E-state index contributed by atoms with van der Waals surface area (Å²) in [6, 6.07) is 4.47. The van der Waals surface area contributed by atoms with Crippen LogP contribution in [0.2, 0.25) is 0 Å². The maximum atomic E-state index is 11.9. The third kappa shape index (κ3) is 6.21. The summed E-state index contributed by atoms with van der Waals surface area (Å²) in [4.78, 5) is 14.5. The molecule has 1 rings (SSSR count). The normalized spacial score (nSPS) is 14.1. The second-order valence-electron chi connectivity index (χ2n) is 5.25. The van der Waals surface area contributed by atoms with Crippen LogP contribution in [0.3, 0.4) is 0 Å². The third-order valence-electron chi connectivity index (χ3n) is 3.25. The highest BCUT2D eigenvalue weighted by Crippen LogP contribution is 2.17. The molecule has 0 spiro atoms. The number of thiophene rings is 1. The summed E-state index contributed by atoms with van der Waals surface area (Å²) < 4.78 is 0. The lowest BCUT2D eigenvalue weighted by molar-refractivity contribution is -0.124. The number of aryl methyl sites for hydroxylation is 1. The van der Waals surface area contributed by atoms with Crippen LogP contribution in [0.25, 0.3) is 0 Å². The molecule has 0 aliphatic rings. The molecule has 19 heavy (non-hydrogen) atoms. The monoisotopic (exact) mass is 282 g/mol. The van der Waals surface area contributed by atoms with Gasteiger partial charge < -0.3 is 11.1 Å². The molecule has 0 aliphatic heterocycles. The van der Waals surface area contributed by atoms with E-state index in [1.54, 1.807) is 11.3 Å². The predicted molar refractivity (Wildman–Crippen MR) is 82.2 cm³/mol. The smallest absolute Gasteiger partial charge is 0.223 e. The number of carbonyl (C=O) groups is 1. The molecule has 1 aromatic rings. The molecule has 2 unspecified atom stereocenters. The van der Waals surface area contributed by atoms with Gasteiger partial charge in [0, 0.05) is 21.7 Å². The Morgan fingerprint density at radius 2 is 2.00 bits per heavy atom. The van der Waals surface area contributed by atoms with E-state index in [0.717, 1.165) is 25.7 Å². The topological polar surface area (TPSA) is 55.1 Å². The van der Waals surface area contributed by atoms with Gasteiger partial charge in [-0.15, -0.1) is 11.3 Å². The molecule has 4 heteroatoms. The highest BCUT2D eigenvalue weighted by molar-refractivity contribution is 7.11. The number of nitrogens with two attached hydrogens (primary N) is 1. The van der Waals surface area contributed by atoms with Crippen molar-refractivity contribution < 1.29 is 4.79 Å². The van der Waals surface area contributed by atoms with Gasteiger partial charge in [0.2, 0.25) is 5.91 Å². The fourth-order valence-corrected chi connectivity index (χ4v) is 2.83. The predicted octanol–water partition coefficient (Wildman–Crippen LogP) is 3.08. The summed E-state index contributed by atoms with van der Waals surface area (Å²) in [5.41, 5.74) is 5.71. The summed E-state index contributed by atoms with van der Waals surface area (Å²) in [5, 5.41) is 3.01. The molecule has 1 amide bonds. The zero-order chi connectivity index (χ0) is 14.3. The summed E-state index contributed by atoms with van der Waals surface area (Å²) in [5.74, 6) is 0.223. The van der Waals surface area contributed by atoms with Crippen LogP contribution in [-0.4, -0.2) is 11.9 Å². The van der Waals surface area contributed by atoms with Crippen LogP contribution in [0.15, 0.2) is 12.1 Å². The van der Waals surface area contributed by atoms with Gasteiger partial charge in [-0.1, -0.05) is 20.3 Å². The van der Waals surface area contributed by atoms with Crippen LogP contribution in [0.5, 0.6) is 0 Å². The van der Waals surface area contributed by atoms with E-state index in [4.69, 9.17) is 5.73 Å². The second kappa shape index (κ2) is 8.33. The third-order valence-corrected chi connectivity index (χ3v) is 4.48. The summed E-state index contributed by atoms with van der Waals surface area (Å²) >= 11 is 1.78. The Morgan fingerprint density at radius 1 is 1.32 bits per heavy atom. The van der Waals surface area contributed by atoms with E-state index in [2.05, 4.69) is 24.4 Å². The Balaban J connectivity index is 2.26. The number of hydrogen-bond donors (Lipinski definition) is 2. The molecule has 1 aromatic heterocycles. The Kier molecular flexibility index (Phi) is 7.10. The first-order valence-corrected chi connectivity index (χ1v) is 7.95. The van der Waals surface area contributed by atoms with Crippen molar-refractivity contribution in [1.29, 1.82) is 0 Å². The minimum Gasteiger partial charge on any atom is -0.351 e. The highest BCUT2D eigenvalue weighted by atomic mass is 32.1. The van der Waals surface area contributed by atoms with Crippen LogP contribution in [0.1, 0.15) is 49.8 Å². The second-order valence-corrected chi connectivity index (χ2v) is 6.50. The molecule has 2 atom stereocenters. The molecular formula is C15H26N2OS. The van der Waals surface area contributed by atoms with Crippen molar-refractivity contribution >= 4 is 17.2 Å². The van der Waals surface area contributed by atoms with E-state index < -0.39 is 0 Å². The van der Waals surface area contributed by atoms with Crippen LogP contribution in [0, 0.1) is 5.92 Å². The highest BCUT2D eigenvalue weighted by Gasteiger charge is 2.12. The molecule has 0 saturated carbocycles. The Hall–Kier alpha value is -0.870. The van der Waals surface area contributed by atoms with E-state index >= 15 is 0 Å². The molecule has 0 saturated heterocycles. The zero-order valence-electron chi connectivity index (χ0n) is 12.2. The Labute approximate surface area is 120 Å². The Morgan fingerprint density at radius 3 is 2.58 bits per heavy atom. The fraction of sp³-hybridized carbons (Fsp3) is 0.667. The first-order valence-electron chi connectivity index (χ1n) is 7.13. The van der Waals surface area contributed by atoms with Crippen molar-refractivity contribution in [2.75, 3.05) is 0 Å². The Bertz CT molecular complexity index is 387. The van der Waals surface area contributed by atoms with E-state index in [-0.39, 0.29) is 17.9 Å². The van der Waals surface area contributed by atoms with Crippen molar-refractivity contribution in [3.05, 3.63) is 21.9 Å². The van der Waals surface area contributed by atoms with Gasteiger partial charge in [0.25, 0.3) is 0 Å². The molecule has 1 heterocycles. The van der Waals surface area contributed by atoms with Gasteiger partial charge in [0.15, 0.2) is 0 Å². The van der Waals surface area contributed by atoms with Crippen LogP contribution in [-0.2, 0) is 17.8 Å². The van der Waals surface area contributed by atoms with Crippen LogP contribution in [0.4, 0.5) is 0 Å². The molecule has 0 radical (unpaired) electrons. The van der Waals surface area contributed by atoms with E-state index in [9.17, 15) is 4.79 Å². The van der Waals surface area contributed by atoms with Crippen LogP contribution < -0.4 is 11.1 Å². The molecular weight excluding hydrogens is 256 g/mol. The molecule has 0 bridgehead atoms. The molecule has 0 fully saturated rings. The van der Waals surface area contributed by atoms with Gasteiger partial charge in [-0.25, -0.2) is 0 Å². The number of rotatable bonds is 8. The average molecular weight is 282 g/mol. The maximum absolute atomic E-state index is 11.9. The minimum atomic E-state index is 0.0735. The number of nitrogens with one attached hydrogen (secondary N) is 1. The van der Waals surface area contributed by atoms with Crippen molar-refractivity contribution in [3.8, 4) is 0 Å². The van der Waals surface area contributed by atoms with Gasteiger partial charge in [-0.05, 0) is 38.3 Å². The largest absolute Gasteiger partial charge is 0.351 e. The average Bonchev–Trinajstić information content (AvgIpc) is 2.83. The van der Waals surface area contributed by atoms with Crippen molar-refractivity contribution in [2.45, 2.75) is 59.0 Å². The van der Waals surface area contributed by atoms with Gasteiger partial charge in [-0.3, -0.25) is 4.79 Å². The number of carbonyl (C=O) groups excluding carboxylic acids is 1. The summed E-state index contributed by atoms with van der Waals surface area (Å²) in [6.45, 7) is 6.80. The summed E-state index contributed by atoms with van der Waals surface area (Å²) in [6.07, 6.45) is 3.98. The lowest BCUT2D eigenvalue weighted by atomic mass is 10.0. The SMILES string of the molecule is CCc1ccc(CNC(=O)C(C)CCCC(C)N)s1. The fourth-order valence-electron chi connectivity index (χ4n) is 1.93. The van der Waals surface area contributed by atoms with Crippen LogP contribution >= 0.6 is 11.3 Å². The molecule has 0 aliphatic carbocycles. The van der Waals surface area contributed by atoms with Gasteiger partial charge >= 0.3 is 0 Å². The molecule has 0 aromatic carbocycles. The lowest BCUT2D eigenvalue weighted by Crippen LogP contribution is -2.28. The zero-order valence-corrected chi connectivity index (χ0v) is 13.1. The van der Waals surface area contributed by atoms with Gasteiger partial charge in [0.05, 0.1) is 6.54 Å². The standard InChI is InChI=1S/C15H26N2OS/c1-4-13-8-9-14(19-13)10-17-15(18)11(2)6-5-7-12(3)16/h8-9,11-12H,4-7,10,16H2,1-3H3,(H,17,18). The van der Waals surface area contributed by atoms with Gasteiger partial charge in [-0.2, -0.15) is 0 Å². The summed E-state index contributed by atoms with van der Waals surface area (Å²) in [7, 11) is 0. The first-order chi connectivity index (χ1) is 9.02. The van der Waals surface area contributed by atoms with Gasteiger partial charge in [0.1, 0.15) is 0 Å².